The molecule has 2 atom stereocenters. The molecule has 2 rings (SSSR count). The lowest BCUT2D eigenvalue weighted by Gasteiger charge is -2.12. The fraction of sp³-hybridized carbons (Fsp3) is 0.818. The zero-order valence-electron chi connectivity index (χ0n) is 9.69. The summed E-state index contributed by atoms with van der Waals surface area (Å²) in [5, 5.41) is 3.96. The Morgan fingerprint density at radius 3 is 3.12 bits per heavy atom. The predicted octanol–water partition coefficient (Wildman–Crippen LogP) is 1.10. The molecule has 1 fully saturated rings. The molecular formula is C11H19N3O2. The highest BCUT2D eigenvalue weighted by molar-refractivity contribution is 5.00. The molecule has 0 amide bonds. The van der Waals surface area contributed by atoms with Crippen LogP contribution in [-0.2, 0) is 11.2 Å². The molecule has 2 unspecified atom stereocenters. The van der Waals surface area contributed by atoms with Crippen molar-refractivity contribution < 1.29 is 9.26 Å². The zero-order valence-corrected chi connectivity index (χ0v) is 9.69. The maximum atomic E-state index is 5.74. The van der Waals surface area contributed by atoms with Crippen LogP contribution in [0.3, 0.4) is 0 Å². The van der Waals surface area contributed by atoms with Gasteiger partial charge in [0.05, 0.1) is 6.61 Å². The number of ether oxygens (including phenoxy) is 1. The third kappa shape index (κ3) is 2.41. The minimum absolute atomic E-state index is 0.369. The molecule has 90 valence electrons. The molecule has 16 heavy (non-hydrogen) atoms. The van der Waals surface area contributed by atoms with E-state index in [0.717, 1.165) is 18.1 Å². The van der Waals surface area contributed by atoms with Crippen LogP contribution in [0.4, 0.5) is 0 Å². The van der Waals surface area contributed by atoms with Crippen LogP contribution >= 0.6 is 0 Å². The summed E-state index contributed by atoms with van der Waals surface area (Å²) in [6, 6.07) is 0. The summed E-state index contributed by atoms with van der Waals surface area (Å²) in [5.74, 6) is 2.38. The van der Waals surface area contributed by atoms with Gasteiger partial charge in [0.25, 0.3) is 0 Å². The molecule has 5 heteroatoms. The summed E-state index contributed by atoms with van der Waals surface area (Å²) in [6.45, 7) is 1.34. The largest absolute Gasteiger partial charge is 0.384 e. The third-order valence-electron chi connectivity index (χ3n) is 3.29. The normalized spacial score (nSPS) is 25.1. The number of hydrogen-bond acceptors (Lipinski definition) is 5. The van der Waals surface area contributed by atoms with Crippen LogP contribution in [0.1, 0.15) is 36.9 Å². The smallest absolute Gasteiger partial charge is 0.230 e. The van der Waals surface area contributed by atoms with E-state index in [9.17, 15) is 0 Å². The molecule has 5 nitrogen and oxygen atoms in total. The van der Waals surface area contributed by atoms with Crippen molar-refractivity contribution in [3.8, 4) is 0 Å². The maximum absolute atomic E-state index is 5.74. The van der Waals surface area contributed by atoms with Gasteiger partial charge in [0.2, 0.25) is 5.89 Å². The summed E-state index contributed by atoms with van der Waals surface area (Å²) in [4.78, 5) is 4.41. The van der Waals surface area contributed by atoms with Crippen LogP contribution < -0.4 is 5.73 Å². The molecule has 0 aliphatic heterocycles. The van der Waals surface area contributed by atoms with Gasteiger partial charge in [0.1, 0.15) is 0 Å². The van der Waals surface area contributed by atoms with Crippen molar-refractivity contribution in [2.75, 3.05) is 20.3 Å². The lowest BCUT2D eigenvalue weighted by atomic mass is 9.96. The average molecular weight is 225 g/mol. The van der Waals surface area contributed by atoms with Crippen molar-refractivity contribution in [2.45, 2.75) is 31.6 Å². The summed E-state index contributed by atoms with van der Waals surface area (Å²) in [6.07, 6.45) is 4.22. The minimum Gasteiger partial charge on any atom is -0.384 e. The Balaban J connectivity index is 2.00. The second kappa shape index (κ2) is 5.41. The monoisotopic (exact) mass is 225 g/mol. The summed E-state index contributed by atoms with van der Waals surface area (Å²) >= 11 is 0. The number of aromatic nitrogens is 2. The van der Waals surface area contributed by atoms with E-state index < -0.39 is 0 Å². The molecule has 0 saturated heterocycles. The van der Waals surface area contributed by atoms with E-state index in [1.54, 1.807) is 7.11 Å². The molecule has 0 bridgehead atoms. The first-order valence-corrected chi connectivity index (χ1v) is 5.86. The van der Waals surface area contributed by atoms with Gasteiger partial charge in [-0.25, -0.2) is 0 Å². The molecule has 1 saturated carbocycles. The number of nitrogens with zero attached hydrogens (tertiary/aromatic N) is 2. The van der Waals surface area contributed by atoms with Gasteiger partial charge in [-0.2, -0.15) is 4.98 Å². The zero-order chi connectivity index (χ0) is 11.4. The van der Waals surface area contributed by atoms with Crippen molar-refractivity contribution >= 4 is 0 Å². The standard InChI is InChI=1S/C11H19N3O2/c1-15-6-5-10-13-11(16-14-10)9-4-2-3-8(9)7-12/h8-9H,2-7,12H2,1H3. The van der Waals surface area contributed by atoms with Crippen LogP contribution in [0.25, 0.3) is 0 Å². The first-order chi connectivity index (χ1) is 7.85. The van der Waals surface area contributed by atoms with Gasteiger partial charge in [0.15, 0.2) is 5.82 Å². The van der Waals surface area contributed by atoms with Crippen molar-refractivity contribution in [3.63, 3.8) is 0 Å². The molecule has 1 heterocycles. The molecule has 2 N–H and O–H groups in total. The van der Waals surface area contributed by atoms with Crippen LogP contribution in [0, 0.1) is 5.92 Å². The molecule has 1 aromatic heterocycles. The van der Waals surface area contributed by atoms with Crippen molar-refractivity contribution in [1.29, 1.82) is 0 Å². The molecule has 0 spiro atoms. The Kier molecular flexibility index (Phi) is 3.90. The van der Waals surface area contributed by atoms with Gasteiger partial charge in [-0.05, 0) is 25.3 Å². The molecule has 1 aliphatic carbocycles. The van der Waals surface area contributed by atoms with Gasteiger partial charge in [-0.15, -0.1) is 0 Å². The van der Waals surface area contributed by atoms with E-state index in [1.165, 1.54) is 12.8 Å². The van der Waals surface area contributed by atoms with E-state index in [0.29, 0.717) is 31.4 Å². The van der Waals surface area contributed by atoms with Gasteiger partial charge < -0.3 is 15.0 Å². The first kappa shape index (κ1) is 11.5. The van der Waals surface area contributed by atoms with Crippen LogP contribution in [0.2, 0.25) is 0 Å². The Morgan fingerprint density at radius 1 is 1.50 bits per heavy atom. The van der Waals surface area contributed by atoms with E-state index in [4.69, 9.17) is 15.0 Å². The van der Waals surface area contributed by atoms with Gasteiger partial charge in [-0.1, -0.05) is 11.6 Å². The average Bonchev–Trinajstić information content (AvgIpc) is 2.94. The first-order valence-electron chi connectivity index (χ1n) is 5.86. The van der Waals surface area contributed by atoms with Crippen LogP contribution in [0.5, 0.6) is 0 Å². The Bertz CT molecular complexity index is 327. The highest BCUT2D eigenvalue weighted by Gasteiger charge is 2.31. The van der Waals surface area contributed by atoms with Crippen LogP contribution in [0.15, 0.2) is 4.52 Å². The number of nitrogens with two attached hydrogens (primary N) is 1. The Morgan fingerprint density at radius 2 is 2.38 bits per heavy atom. The van der Waals surface area contributed by atoms with E-state index in [1.807, 2.05) is 0 Å². The molecule has 1 aliphatic rings. The minimum atomic E-state index is 0.369. The van der Waals surface area contributed by atoms with E-state index >= 15 is 0 Å². The number of methoxy groups -OCH3 is 1. The quantitative estimate of drug-likeness (QED) is 0.812. The molecule has 1 aromatic rings. The fourth-order valence-electron chi connectivity index (χ4n) is 2.36. The fourth-order valence-corrected chi connectivity index (χ4v) is 2.36. The van der Waals surface area contributed by atoms with Crippen molar-refractivity contribution in [2.24, 2.45) is 11.7 Å². The SMILES string of the molecule is COCCc1noc(C2CCCC2CN)n1. The summed E-state index contributed by atoms with van der Waals surface area (Å²) in [7, 11) is 1.67. The van der Waals surface area contributed by atoms with Crippen molar-refractivity contribution in [3.05, 3.63) is 11.7 Å². The molecule has 0 aromatic carbocycles. The van der Waals surface area contributed by atoms with Gasteiger partial charge >= 0.3 is 0 Å². The highest BCUT2D eigenvalue weighted by Crippen LogP contribution is 2.38. The predicted molar refractivity (Wildman–Crippen MR) is 59.0 cm³/mol. The lowest BCUT2D eigenvalue weighted by molar-refractivity contribution is 0.199. The molecule has 0 radical (unpaired) electrons. The Labute approximate surface area is 95.3 Å². The summed E-state index contributed by atoms with van der Waals surface area (Å²) in [5.41, 5.74) is 5.74. The number of hydrogen-bond donors (Lipinski definition) is 1. The third-order valence-corrected chi connectivity index (χ3v) is 3.29. The maximum Gasteiger partial charge on any atom is 0.230 e. The van der Waals surface area contributed by atoms with Gasteiger partial charge in [-0.3, -0.25) is 0 Å². The number of rotatable bonds is 5. The Hall–Kier alpha value is -0.940. The second-order valence-electron chi connectivity index (χ2n) is 4.32. The van der Waals surface area contributed by atoms with Crippen LogP contribution in [-0.4, -0.2) is 30.4 Å². The second-order valence-corrected chi connectivity index (χ2v) is 4.32. The topological polar surface area (TPSA) is 74.2 Å². The highest BCUT2D eigenvalue weighted by atomic mass is 16.5. The molecular weight excluding hydrogens is 206 g/mol. The van der Waals surface area contributed by atoms with Gasteiger partial charge in [0, 0.05) is 19.4 Å². The van der Waals surface area contributed by atoms with E-state index in [-0.39, 0.29) is 0 Å². The lowest BCUT2D eigenvalue weighted by Crippen LogP contribution is -2.17. The summed E-state index contributed by atoms with van der Waals surface area (Å²) < 4.78 is 10.3. The van der Waals surface area contributed by atoms with Crippen molar-refractivity contribution in [1.82, 2.24) is 10.1 Å². The van der Waals surface area contributed by atoms with E-state index in [2.05, 4.69) is 10.1 Å².